The third kappa shape index (κ3) is 5.85. The van der Waals surface area contributed by atoms with Crippen LogP contribution in [0.3, 0.4) is 0 Å². The molecule has 132 valence electrons. The van der Waals surface area contributed by atoms with Crippen LogP contribution < -0.4 is 5.32 Å². The summed E-state index contributed by atoms with van der Waals surface area (Å²) in [5, 5.41) is 4.90. The first-order valence-electron chi connectivity index (χ1n) is 7.97. The summed E-state index contributed by atoms with van der Waals surface area (Å²) < 4.78 is 0. The van der Waals surface area contributed by atoms with Gasteiger partial charge in [0.25, 0.3) is 5.91 Å². The third-order valence-corrected chi connectivity index (χ3v) is 4.40. The van der Waals surface area contributed by atoms with E-state index >= 15 is 0 Å². The van der Waals surface area contributed by atoms with Crippen LogP contribution >= 0.6 is 11.3 Å². The van der Waals surface area contributed by atoms with E-state index in [1.54, 1.807) is 55.8 Å². The standard InChI is InChI=1S/C19H23N3O2S/c1-4-11-22(13-17-6-5-12-25-17)14-18(23)20-16-9-7-15(8-10-16)19(24)21(2)3/h4-10,12H,1,11,13-14H2,2-3H3,(H,20,23). The Kier molecular flexibility index (Phi) is 6.91. The van der Waals surface area contributed by atoms with E-state index in [-0.39, 0.29) is 18.4 Å². The molecule has 0 aliphatic heterocycles. The summed E-state index contributed by atoms with van der Waals surface area (Å²) in [5.74, 6) is -0.156. The van der Waals surface area contributed by atoms with Crippen molar-refractivity contribution in [3.8, 4) is 0 Å². The van der Waals surface area contributed by atoms with Gasteiger partial charge in [0.1, 0.15) is 0 Å². The maximum atomic E-state index is 12.3. The fourth-order valence-electron chi connectivity index (χ4n) is 2.35. The van der Waals surface area contributed by atoms with E-state index in [0.29, 0.717) is 24.3 Å². The molecule has 2 aromatic rings. The van der Waals surface area contributed by atoms with E-state index in [1.807, 2.05) is 16.3 Å². The minimum atomic E-state index is -0.0925. The maximum Gasteiger partial charge on any atom is 0.253 e. The largest absolute Gasteiger partial charge is 0.345 e. The molecule has 6 heteroatoms. The second kappa shape index (κ2) is 9.15. The van der Waals surface area contributed by atoms with Gasteiger partial charge in [0.2, 0.25) is 5.91 Å². The molecule has 1 N–H and O–H groups in total. The summed E-state index contributed by atoms with van der Waals surface area (Å²) in [6, 6.07) is 11.0. The number of anilines is 1. The van der Waals surface area contributed by atoms with Gasteiger partial charge in [-0.05, 0) is 35.7 Å². The molecule has 5 nitrogen and oxygen atoms in total. The minimum absolute atomic E-state index is 0.0639. The number of carbonyl (C=O) groups is 2. The molecule has 0 saturated heterocycles. The Balaban J connectivity index is 1.93. The van der Waals surface area contributed by atoms with Crippen LogP contribution in [0.5, 0.6) is 0 Å². The van der Waals surface area contributed by atoms with Gasteiger partial charge >= 0.3 is 0 Å². The van der Waals surface area contributed by atoms with E-state index in [9.17, 15) is 9.59 Å². The summed E-state index contributed by atoms with van der Waals surface area (Å²) in [5.41, 5.74) is 1.27. The van der Waals surface area contributed by atoms with Gasteiger partial charge in [-0.15, -0.1) is 17.9 Å². The lowest BCUT2D eigenvalue weighted by molar-refractivity contribution is -0.117. The zero-order valence-corrected chi connectivity index (χ0v) is 15.4. The molecule has 0 fully saturated rings. The lowest BCUT2D eigenvalue weighted by atomic mass is 10.2. The first kappa shape index (κ1) is 18.9. The smallest absolute Gasteiger partial charge is 0.253 e. The molecule has 2 rings (SSSR count). The average molecular weight is 357 g/mol. The second-order valence-corrected chi connectivity index (χ2v) is 6.90. The van der Waals surface area contributed by atoms with Crippen molar-refractivity contribution in [2.75, 3.05) is 32.5 Å². The van der Waals surface area contributed by atoms with E-state index in [2.05, 4.69) is 18.0 Å². The molecule has 1 aromatic heterocycles. The Labute approximate surface area is 152 Å². The lowest BCUT2D eigenvalue weighted by Crippen LogP contribution is -2.32. The number of rotatable bonds is 8. The molecular formula is C19H23N3O2S. The van der Waals surface area contributed by atoms with Crippen molar-refractivity contribution < 1.29 is 9.59 Å². The van der Waals surface area contributed by atoms with Crippen LogP contribution in [0.15, 0.2) is 54.4 Å². The first-order valence-corrected chi connectivity index (χ1v) is 8.84. The van der Waals surface area contributed by atoms with Gasteiger partial charge in [0, 0.05) is 43.3 Å². The highest BCUT2D eigenvalue weighted by Crippen LogP contribution is 2.13. The van der Waals surface area contributed by atoms with Gasteiger partial charge < -0.3 is 10.2 Å². The average Bonchev–Trinajstić information content (AvgIpc) is 3.08. The number of carbonyl (C=O) groups excluding carboxylic acids is 2. The number of hydrogen-bond acceptors (Lipinski definition) is 4. The van der Waals surface area contributed by atoms with Crippen molar-refractivity contribution in [3.63, 3.8) is 0 Å². The van der Waals surface area contributed by atoms with Gasteiger partial charge in [-0.25, -0.2) is 0 Å². The monoisotopic (exact) mass is 357 g/mol. The van der Waals surface area contributed by atoms with Crippen LogP contribution in [0.4, 0.5) is 5.69 Å². The number of amides is 2. The van der Waals surface area contributed by atoms with E-state index in [0.717, 1.165) is 0 Å². The fraction of sp³-hybridized carbons (Fsp3) is 0.263. The number of nitrogens with zero attached hydrogens (tertiary/aromatic N) is 2. The summed E-state index contributed by atoms with van der Waals surface area (Å²) in [6.07, 6.45) is 1.79. The van der Waals surface area contributed by atoms with Gasteiger partial charge in [0.15, 0.2) is 0 Å². The first-order chi connectivity index (χ1) is 12.0. The number of hydrogen-bond donors (Lipinski definition) is 1. The quantitative estimate of drug-likeness (QED) is 0.739. The molecule has 0 aliphatic rings. The van der Waals surface area contributed by atoms with Crippen LogP contribution in [0.1, 0.15) is 15.2 Å². The van der Waals surface area contributed by atoms with Crippen LogP contribution in [-0.2, 0) is 11.3 Å². The van der Waals surface area contributed by atoms with E-state index < -0.39 is 0 Å². The zero-order valence-electron chi connectivity index (χ0n) is 14.6. The van der Waals surface area contributed by atoms with Crippen molar-refractivity contribution in [2.45, 2.75) is 6.54 Å². The number of thiophene rings is 1. The Morgan fingerprint density at radius 3 is 2.48 bits per heavy atom. The lowest BCUT2D eigenvalue weighted by Gasteiger charge is -2.19. The van der Waals surface area contributed by atoms with E-state index in [4.69, 9.17) is 0 Å². The van der Waals surface area contributed by atoms with Crippen LogP contribution in [-0.4, -0.2) is 48.8 Å². The molecule has 0 radical (unpaired) electrons. The van der Waals surface area contributed by atoms with Gasteiger partial charge in [0.05, 0.1) is 6.54 Å². The topological polar surface area (TPSA) is 52.7 Å². The SMILES string of the molecule is C=CCN(CC(=O)Nc1ccc(C(=O)N(C)C)cc1)Cc1cccs1. The molecule has 1 heterocycles. The maximum absolute atomic E-state index is 12.3. The molecule has 0 saturated carbocycles. The highest BCUT2D eigenvalue weighted by molar-refractivity contribution is 7.09. The normalized spacial score (nSPS) is 10.5. The highest BCUT2D eigenvalue weighted by Gasteiger charge is 2.12. The number of benzene rings is 1. The van der Waals surface area contributed by atoms with Gasteiger partial charge in [-0.2, -0.15) is 0 Å². The molecule has 1 aromatic carbocycles. The summed E-state index contributed by atoms with van der Waals surface area (Å²) in [6.45, 7) is 5.39. The predicted octanol–water partition coefficient (Wildman–Crippen LogP) is 3.08. The predicted molar refractivity (Wildman–Crippen MR) is 103 cm³/mol. The van der Waals surface area contributed by atoms with Crippen molar-refractivity contribution >= 4 is 28.8 Å². The fourth-order valence-corrected chi connectivity index (χ4v) is 3.09. The molecule has 0 aliphatic carbocycles. The molecule has 0 spiro atoms. The van der Waals surface area contributed by atoms with Crippen molar-refractivity contribution in [1.82, 2.24) is 9.80 Å². The summed E-state index contributed by atoms with van der Waals surface area (Å²) in [7, 11) is 3.42. The Hall–Kier alpha value is -2.44. The van der Waals surface area contributed by atoms with Crippen molar-refractivity contribution in [2.24, 2.45) is 0 Å². The number of nitrogens with one attached hydrogen (secondary N) is 1. The molecule has 2 amide bonds. The third-order valence-electron chi connectivity index (χ3n) is 3.54. The molecular weight excluding hydrogens is 334 g/mol. The molecule has 0 bridgehead atoms. The van der Waals surface area contributed by atoms with Gasteiger partial charge in [-0.1, -0.05) is 12.1 Å². The molecule has 25 heavy (non-hydrogen) atoms. The van der Waals surface area contributed by atoms with Crippen molar-refractivity contribution in [1.29, 1.82) is 0 Å². The Morgan fingerprint density at radius 1 is 1.20 bits per heavy atom. The minimum Gasteiger partial charge on any atom is -0.345 e. The van der Waals surface area contributed by atoms with Gasteiger partial charge in [-0.3, -0.25) is 14.5 Å². The van der Waals surface area contributed by atoms with Crippen molar-refractivity contribution in [3.05, 3.63) is 64.9 Å². The van der Waals surface area contributed by atoms with Crippen LogP contribution in [0, 0.1) is 0 Å². The molecule has 0 atom stereocenters. The zero-order chi connectivity index (χ0) is 18.2. The van der Waals surface area contributed by atoms with Crippen LogP contribution in [0.2, 0.25) is 0 Å². The highest BCUT2D eigenvalue weighted by atomic mass is 32.1. The second-order valence-electron chi connectivity index (χ2n) is 5.86. The molecule has 0 unspecified atom stereocenters. The Morgan fingerprint density at radius 2 is 1.92 bits per heavy atom. The van der Waals surface area contributed by atoms with E-state index in [1.165, 1.54) is 9.78 Å². The Bertz CT molecular complexity index is 709. The summed E-state index contributed by atoms with van der Waals surface area (Å²) >= 11 is 1.67. The summed E-state index contributed by atoms with van der Waals surface area (Å²) in [4.78, 5) is 28.9. The van der Waals surface area contributed by atoms with Crippen LogP contribution in [0.25, 0.3) is 0 Å².